The molecule has 0 saturated carbocycles. The predicted molar refractivity (Wildman–Crippen MR) is 371 cm³/mol. The van der Waals surface area contributed by atoms with E-state index in [0.29, 0.717) is 11.4 Å². The van der Waals surface area contributed by atoms with Gasteiger partial charge in [-0.3, -0.25) is 0 Å². The van der Waals surface area contributed by atoms with E-state index < -0.39 is 0 Å². The van der Waals surface area contributed by atoms with Crippen LogP contribution >= 0.6 is 0 Å². The molecule has 0 radical (unpaired) electrons. The van der Waals surface area contributed by atoms with Gasteiger partial charge in [-0.15, -0.1) is 0 Å². The number of hydrogen-bond acceptors (Lipinski definition) is 3. The normalized spacial score (nSPS) is 11.8. The van der Waals surface area contributed by atoms with Gasteiger partial charge in [0.2, 0.25) is 0 Å². The van der Waals surface area contributed by atoms with Crippen LogP contribution in [0.25, 0.3) is 166 Å². The third-order valence-electron chi connectivity index (χ3n) is 18.1. The van der Waals surface area contributed by atoms with Crippen molar-refractivity contribution < 1.29 is 0 Å². The zero-order valence-corrected chi connectivity index (χ0v) is 48.6. The van der Waals surface area contributed by atoms with Gasteiger partial charge in [-0.25, -0.2) is 9.97 Å². The maximum atomic E-state index is 10.1. The Labute approximate surface area is 517 Å². The van der Waals surface area contributed by atoms with Gasteiger partial charge in [-0.05, 0) is 156 Å². The van der Waals surface area contributed by atoms with Crippen LogP contribution in [0.1, 0.15) is 5.56 Å². The lowest BCUT2D eigenvalue weighted by molar-refractivity contribution is 1.13. The number of rotatable bonds is 9. The molecule has 0 fully saturated rings. The third kappa shape index (κ3) is 8.13. The first-order chi connectivity index (χ1) is 44.6. The second-order valence-corrected chi connectivity index (χ2v) is 23.3. The Balaban J connectivity index is 0.846. The monoisotopic (exact) mass is 1150 g/mol. The second kappa shape index (κ2) is 20.4. The van der Waals surface area contributed by atoms with Crippen molar-refractivity contribution in [1.29, 1.82) is 5.26 Å². The van der Waals surface area contributed by atoms with Crippen molar-refractivity contribution >= 4 is 87.2 Å². The summed E-state index contributed by atoms with van der Waals surface area (Å²) in [6, 6.07) is 113. The molecule has 0 aliphatic carbocycles. The van der Waals surface area contributed by atoms with Crippen LogP contribution in [0.15, 0.2) is 309 Å². The van der Waals surface area contributed by atoms with Gasteiger partial charge in [0.05, 0.1) is 67.2 Å². The molecule has 0 aliphatic heterocycles. The van der Waals surface area contributed by atoms with Crippen molar-refractivity contribution in [2.45, 2.75) is 0 Å². The summed E-state index contributed by atoms with van der Waals surface area (Å²) in [5, 5.41) is 19.6. The highest BCUT2D eigenvalue weighted by molar-refractivity contribution is 6.15. The molecule has 5 aromatic heterocycles. The van der Waals surface area contributed by atoms with Crippen molar-refractivity contribution in [2.75, 3.05) is 0 Å². The molecule has 418 valence electrons. The van der Waals surface area contributed by atoms with Crippen LogP contribution in [-0.2, 0) is 0 Å². The molecule has 0 spiro atoms. The molecule has 0 amide bonds. The molecule has 7 nitrogen and oxygen atoms in total. The first-order valence-corrected chi connectivity index (χ1v) is 30.4. The topological polar surface area (TPSA) is 69.3 Å². The van der Waals surface area contributed by atoms with Crippen molar-refractivity contribution in [3.8, 4) is 85.0 Å². The summed E-state index contributed by atoms with van der Waals surface area (Å²) in [6.45, 7) is 0. The third-order valence-corrected chi connectivity index (χ3v) is 18.1. The standard InChI is InChI=1S/C83H51N7/c84-52-53-19-18-22-59(43-53)73-51-74(86-83(85-73)54-20-4-1-5-21-54)60-44-63(89-77-33-16-12-29-67(77)71-48-57(37-41-81(71)89)55-35-39-79-69(46-55)65-27-10-14-31-75(65)87(79)61-23-6-2-7-24-61)50-64(45-60)90-78-34-17-13-30-68(78)72-49-58(38-42-82(72)90)56-36-40-80-70(47-56)66-28-11-15-32-76(66)88(80)62-25-8-3-9-26-62/h1-51H. The highest BCUT2D eigenvalue weighted by atomic mass is 15.0. The Morgan fingerprint density at radius 3 is 0.956 bits per heavy atom. The van der Waals surface area contributed by atoms with Crippen LogP contribution in [0.3, 0.4) is 0 Å². The van der Waals surface area contributed by atoms with Gasteiger partial charge in [-0.2, -0.15) is 5.26 Å². The minimum Gasteiger partial charge on any atom is -0.309 e. The summed E-state index contributed by atoms with van der Waals surface area (Å²) in [6.07, 6.45) is 0. The van der Waals surface area contributed by atoms with Gasteiger partial charge in [0.15, 0.2) is 5.82 Å². The molecule has 0 N–H and O–H groups in total. The fourth-order valence-electron chi connectivity index (χ4n) is 14.1. The van der Waals surface area contributed by atoms with Crippen LogP contribution in [0.5, 0.6) is 0 Å². The van der Waals surface area contributed by atoms with Crippen LogP contribution in [0, 0.1) is 11.3 Å². The van der Waals surface area contributed by atoms with E-state index >= 15 is 0 Å². The molecule has 7 heteroatoms. The smallest absolute Gasteiger partial charge is 0.160 e. The van der Waals surface area contributed by atoms with Crippen molar-refractivity contribution in [3.63, 3.8) is 0 Å². The molecule has 18 aromatic rings. The molecule has 0 bridgehead atoms. The van der Waals surface area contributed by atoms with Gasteiger partial charge in [0.1, 0.15) is 0 Å². The fraction of sp³-hybridized carbons (Fsp3) is 0. The molecule has 0 aliphatic rings. The van der Waals surface area contributed by atoms with Crippen LogP contribution in [-0.4, -0.2) is 28.2 Å². The van der Waals surface area contributed by atoms with E-state index in [1.54, 1.807) is 0 Å². The summed E-state index contributed by atoms with van der Waals surface area (Å²) < 4.78 is 9.59. The number of hydrogen-bond donors (Lipinski definition) is 0. The quantitative estimate of drug-likeness (QED) is 0.145. The lowest BCUT2D eigenvalue weighted by Crippen LogP contribution is -2.02. The minimum atomic E-state index is 0.565. The summed E-state index contributed by atoms with van der Waals surface area (Å²) >= 11 is 0. The van der Waals surface area contributed by atoms with Crippen LogP contribution in [0.2, 0.25) is 0 Å². The van der Waals surface area contributed by atoms with Crippen LogP contribution < -0.4 is 0 Å². The highest BCUT2D eigenvalue weighted by Crippen LogP contribution is 2.43. The van der Waals surface area contributed by atoms with E-state index in [1.807, 2.05) is 42.5 Å². The predicted octanol–water partition coefficient (Wildman–Crippen LogP) is 21.1. The number of fused-ring (bicyclic) bond motifs is 12. The first kappa shape index (κ1) is 50.9. The molecular formula is C83H51N7. The maximum Gasteiger partial charge on any atom is 0.160 e. The number of aromatic nitrogens is 6. The van der Waals surface area contributed by atoms with Crippen molar-refractivity contribution in [2.24, 2.45) is 0 Å². The average molecular weight is 1150 g/mol. The molecule has 13 aromatic carbocycles. The number of nitriles is 1. The van der Waals surface area contributed by atoms with Gasteiger partial charge in [-0.1, -0.05) is 176 Å². The lowest BCUT2D eigenvalue weighted by atomic mass is 10.0. The summed E-state index contributed by atoms with van der Waals surface area (Å²) in [5.74, 6) is 0.594. The molecule has 0 unspecified atom stereocenters. The number of benzene rings is 13. The second-order valence-electron chi connectivity index (χ2n) is 23.3. The fourth-order valence-corrected chi connectivity index (χ4v) is 14.1. The minimum absolute atomic E-state index is 0.565. The number of nitrogens with zero attached hydrogens (tertiary/aromatic N) is 7. The molecule has 0 saturated heterocycles. The van der Waals surface area contributed by atoms with Crippen molar-refractivity contribution in [1.82, 2.24) is 28.2 Å². The molecule has 90 heavy (non-hydrogen) atoms. The molecular weight excluding hydrogens is 1090 g/mol. The van der Waals surface area contributed by atoms with Gasteiger partial charge >= 0.3 is 0 Å². The van der Waals surface area contributed by atoms with E-state index in [0.717, 1.165) is 117 Å². The lowest BCUT2D eigenvalue weighted by Gasteiger charge is -2.17. The van der Waals surface area contributed by atoms with Gasteiger partial charge < -0.3 is 18.3 Å². The Morgan fingerprint density at radius 2 is 0.556 bits per heavy atom. The Bertz CT molecular complexity index is 5680. The van der Waals surface area contributed by atoms with E-state index in [2.05, 4.69) is 291 Å². The summed E-state index contributed by atoms with van der Waals surface area (Å²) in [7, 11) is 0. The zero-order valence-electron chi connectivity index (χ0n) is 48.6. The van der Waals surface area contributed by atoms with E-state index in [1.165, 1.54) is 43.6 Å². The molecule has 0 atom stereocenters. The maximum absolute atomic E-state index is 10.1. The van der Waals surface area contributed by atoms with E-state index in [9.17, 15) is 5.26 Å². The van der Waals surface area contributed by atoms with Gasteiger partial charge in [0.25, 0.3) is 0 Å². The van der Waals surface area contributed by atoms with E-state index in [-0.39, 0.29) is 0 Å². The molecule has 18 rings (SSSR count). The average Bonchev–Trinajstić information content (AvgIpc) is 1.71. The van der Waals surface area contributed by atoms with Gasteiger partial charge in [0, 0.05) is 82.5 Å². The van der Waals surface area contributed by atoms with E-state index in [4.69, 9.17) is 9.97 Å². The summed E-state index contributed by atoms with van der Waals surface area (Å²) in [5.41, 5.74) is 22.6. The SMILES string of the molecule is N#Cc1cccc(-c2cc(-c3cc(-n4c5ccccc5c5cc(-c6ccc7c(c6)c6ccccc6n7-c6ccccc6)ccc54)cc(-n4c5ccccc5c5cc(-c6ccc7c(c6)c6ccccc6n7-c6ccccc6)ccc54)c3)nc(-c3ccccc3)n2)c1. The first-order valence-electron chi connectivity index (χ1n) is 30.4. The van der Waals surface area contributed by atoms with Crippen molar-refractivity contribution in [3.05, 3.63) is 315 Å². The number of para-hydroxylation sites is 6. The van der Waals surface area contributed by atoms with Crippen LogP contribution in [0.4, 0.5) is 0 Å². The largest absolute Gasteiger partial charge is 0.309 e. The summed E-state index contributed by atoms with van der Waals surface area (Å²) in [4.78, 5) is 10.7. The zero-order chi connectivity index (χ0) is 59.4. The Hall–Kier alpha value is -12.4. The Morgan fingerprint density at radius 1 is 0.222 bits per heavy atom. The Kier molecular flexibility index (Phi) is 11.5. The molecule has 5 heterocycles. The highest BCUT2D eigenvalue weighted by Gasteiger charge is 2.22.